The Bertz CT molecular complexity index is 906. The first-order valence-electron chi connectivity index (χ1n) is 7.74. The van der Waals surface area contributed by atoms with Gasteiger partial charge in [-0.05, 0) is 57.9 Å². The Labute approximate surface area is 159 Å². The lowest BCUT2D eigenvalue weighted by Gasteiger charge is -2.11. The Morgan fingerprint density at radius 1 is 1.16 bits per heavy atom. The van der Waals surface area contributed by atoms with Crippen LogP contribution in [-0.4, -0.2) is 33.0 Å². The second kappa shape index (κ2) is 7.99. The Hall–Kier alpha value is -1.89. The topological polar surface area (TPSA) is 34.6 Å². The van der Waals surface area contributed by atoms with E-state index in [0.29, 0.717) is 0 Å². The lowest BCUT2D eigenvalue weighted by Crippen LogP contribution is -2.07. The number of hydrogen-bond acceptors (Lipinski definition) is 5. The number of fused-ring (bicyclic) bond motifs is 1. The lowest BCUT2D eigenvalue weighted by atomic mass is 10.2. The minimum absolute atomic E-state index is 0.231. The molecule has 0 fully saturated rings. The van der Waals surface area contributed by atoms with E-state index in [1.807, 2.05) is 38.4 Å². The van der Waals surface area contributed by atoms with Gasteiger partial charge in [-0.25, -0.2) is 4.98 Å². The van der Waals surface area contributed by atoms with Gasteiger partial charge in [-0.1, -0.05) is 12.1 Å². The zero-order valence-electron chi connectivity index (χ0n) is 14.3. The molecule has 0 aliphatic heterocycles. The third kappa shape index (κ3) is 4.39. The molecule has 0 aliphatic rings. The molecule has 0 N–H and O–H groups in total. The van der Waals surface area contributed by atoms with Crippen LogP contribution in [0.2, 0.25) is 0 Å². The molecule has 0 unspecified atom stereocenters. The quantitative estimate of drug-likeness (QED) is 0.510. The minimum atomic E-state index is 0.231. The van der Waals surface area contributed by atoms with Crippen LogP contribution in [0.3, 0.4) is 0 Å². The van der Waals surface area contributed by atoms with Crippen molar-refractivity contribution < 1.29 is 9.47 Å². The summed E-state index contributed by atoms with van der Waals surface area (Å²) in [6, 6.07) is 12.3. The van der Waals surface area contributed by atoms with Gasteiger partial charge in [0.2, 0.25) is 0 Å². The Kier molecular flexibility index (Phi) is 5.73. The zero-order chi connectivity index (χ0) is 17.8. The maximum atomic E-state index is 5.47. The van der Waals surface area contributed by atoms with Gasteiger partial charge >= 0.3 is 0 Å². The van der Waals surface area contributed by atoms with Gasteiger partial charge in [0.15, 0.2) is 6.79 Å². The fourth-order valence-electron chi connectivity index (χ4n) is 2.31. The van der Waals surface area contributed by atoms with E-state index in [2.05, 4.69) is 50.1 Å². The van der Waals surface area contributed by atoms with E-state index in [1.165, 1.54) is 10.4 Å². The van der Waals surface area contributed by atoms with E-state index < -0.39 is 0 Å². The van der Waals surface area contributed by atoms with Gasteiger partial charge in [-0.3, -0.25) is 0 Å². The van der Waals surface area contributed by atoms with Gasteiger partial charge < -0.3 is 14.4 Å². The Morgan fingerprint density at radius 2 is 2.00 bits per heavy atom. The molecule has 0 amide bonds. The van der Waals surface area contributed by atoms with Gasteiger partial charge in [-0.15, -0.1) is 11.3 Å². The summed E-state index contributed by atoms with van der Waals surface area (Å²) in [5.41, 5.74) is 3.28. The van der Waals surface area contributed by atoms with Crippen LogP contribution in [0.25, 0.3) is 22.4 Å². The summed E-state index contributed by atoms with van der Waals surface area (Å²) < 4.78 is 12.5. The lowest BCUT2D eigenvalue weighted by molar-refractivity contribution is 0.0506. The summed E-state index contributed by atoms with van der Waals surface area (Å²) in [5, 5.41) is 0.988. The highest BCUT2D eigenvalue weighted by molar-refractivity contribution is 9.10. The first-order valence-corrected chi connectivity index (χ1v) is 9.35. The number of methoxy groups -OCH3 is 1. The van der Waals surface area contributed by atoms with E-state index in [4.69, 9.17) is 9.47 Å². The van der Waals surface area contributed by atoms with E-state index in [-0.39, 0.29) is 6.79 Å². The summed E-state index contributed by atoms with van der Waals surface area (Å²) in [5.74, 6) is 0.759. The number of halogens is 1. The number of ether oxygens (including phenoxy) is 2. The first kappa shape index (κ1) is 17.9. The van der Waals surface area contributed by atoms with E-state index in [0.717, 1.165) is 26.3 Å². The molecule has 3 aromatic rings. The third-order valence-electron chi connectivity index (χ3n) is 3.61. The predicted molar refractivity (Wildman–Crippen MR) is 110 cm³/mol. The molecule has 25 heavy (non-hydrogen) atoms. The second-order valence-corrected chi connectivity index (χ2v) is 7.59. The van der Waals surface area contributed by atoms with Crippen molar-refractivity contribution in [2.75, 3.05) is 32.9 Å². The monoisotopic (exact) mass is 418 g/mol. The summed E-state index contributed by atoms with van der Waals surface area (Å²) in [7, 11) is 5.69. The third-order valence-corrected chi connectivity index (χ3v) is 5.21. The number of aromatic nitrogens is 1. The summed E-state index contributed by atoms with van der Waals surface area (Å²) >= 11 is 5.21. The largest absolute Gasteiger partial charge is 0.466 e. The van der Waals surface area contributed by atoms with E-state index >= 15 is 0 Å². The molecule has 0 spiro atoms. The minimum Gasteiger partial charge on any atom is -0.466 e. The van der Waals surface area contributed by atoms with Crippen LogP contribution in [0.1, 0.15) is 10.6 Å². The maximum Gasteiger partial charge on any atom is 0.188 e. The summed E-state index contributed by atoms with van der Waals surface area (Å²) in [6.07, 6.45) is 4.09. The molecular weight excluding hydrogens is 400 g/mol. The molecule has 0 saturated carbocycles. The zero-order valence-corrected chi connectivity index (χ0v) is 16.7. The van der Waals surface area contributed by atoms with Crippen LogP contribution in [0.4, 0.5) is 5.69 Å². The van der Waals surface area contributed by atoms with Gasteiger partial charge in [0.25, 0.3) is 0 Å². The highest BCUT2D eigenvalue weighted by Crippen LogP contribution is 2.29. The Balaban J connectivity index is 1.79. The average molecular weight is 419 g/mol. The van der Waals surface area contributed by atoms with Crippen LogP contribution < -0.4 is 9.64 Å². The number of hydrogen-bond donors (Lipinski definition) is 0. The van der Waals surface area contributed by atoms with Crippen LogP contribution >= 0.6 is 27.3 Å². The molecule has 1 heterocycles. The van der Waals surface area contributed by atoms with Gasteiger partial charge in [0.1, 0.15) is 10.8 Å². The standard InChI is InChI=1S/C19H19BrN2O2S/c1-22(2)14-6-7-16-18(11-14)25-19(21-16)9-5-13-4-8-17(15(20)10-13)24-12-23-3/h4-11H,12H2,1-3H3. The molecule has 0 bridgehead atoms. The van der Waals surface area contributed by atoms with Crippen molar-refractivity contribution in [3.63, 3.8) is 0 Å². The van der Waals surface area contributed by atoms with Gasteiger partial charge in [-0.2, -0.15) is 0 Å². The Morgan fingerprint density at radius 3 is 2.72 bits per heavy atom. The average Bonchev–Trinajstić information content (AvgIpc) is 3.01. The van der Waals surface area contributed by atoms with Crippen molar-refractivity contribution in [1.82, 2.24) is 4.98 Å². The molecule has 130 valence electrons. The number of nitrogens with zero attached hydrogens (tertiary/aromatic N) is 2. The molecule has 1 aromatic heterocycles. The molecule has 2 aromatic carbocycles. The fourth-order valence-corrected chi connectivity index (χ4v) is 3.72. The number of benzene rings is 2. The normalized spacial score (nSPS) is 11.4. The molecular formula is C19H19BrN2O2S. The van der Waals surface area contributed by atoms with Crippen LogP contribution in [0.15, 0.2) is 40.9 Å². The van der Waals surface area contributed by atoms with Gasteiger partial charge in [0, 0.05) is 26.9 Å². The summed E-state index contributed by atoms with van der Waals surface area (Å²) in [6.45, 7) is 0.231. The van der Waals surface area contributed by atoms with Crippen molar-refractivity contribution >= 4 is 55.3 Å². The summed E-state index contributed by atoms with van der Waals surface area (Å²) in [4.78, 5) is 6.77. The highest BCUT2D eigenvalue weighted by Gasteiger charge is 2.05. The number of rotatable bonds is 6. The number of thiazole rings is 1. The van der Waals surface area contributed by atoms with E-state index in [9.17, 15) is 0 Å². The molecule has 0 aliphatic carbocycles. The molecule has 0 saturated heterocycles. The molecule has 0 radical (unpaired) electrons. The van der Waals surface area contributed by atoms with Crippen LogP contribution in [-0.2, 0) is 4.74 Å². The van der Waals surface area contributed by atoms with Gasteiger partial charge in [0.05, 0.1) is 14.7 Å². The maximum absolute atomic E-state index is 5.47. The van der Waals surface area contributed by atoms with Crippen LogP contribution in [0, 0.1) is 0 Å². The first-order chi connectivity index (χ1) is 12.1. The number of anilines is 1. The smallest absolute Gasteiger partial charge is 0.188 e. The van der Waals surface area contributed by atoms with Crippen molar-refractivity contribution in [1.29, 1.82) is 0 Å². The second-order valence-electron chi connectivity index (χ2n) is 5.67. The van der Waals surface area contributed by atoms with Crippen molar-refractivity contribution in [3.8, 4) is 5.75 Å². The van der Waals surface area contributed by atoms with Crippen molar-refractivity contribution in [2.45, 2.75) is 0 Å². The molecule has 6 heteroatoms. The van der Waals surface area contributed by atoms with Crippen molar-refractivity contribution in [3.05, 3.63) is 51.4 Å². The highest BCUT2D eigenvalue weighted by atomic mass is 79.9. The molecule has 3 rings (SSSR count). The molecule has 0 atom stereocenters. The predicted octanol–water partition coefficient (Wildman–Crippen LogP) is 5.28. The molecule has 4 nitrogen and oxygen atoms in total. The van der Waals surface area contributed by atoms with Crippen molar-refractivity contribution in [2.24, 2.45) is 0 Å². The van der Waals surface area contributed by atoms with Crippen LogP contribution in [0.5, 0.6) is 5.75 Å². The fraction of sp³-hybridized carbons (Fsp3) is 0.211. The SMILES string of the molecule is COCOc1ccc(C=Cc2nc3ccc(N(C)C)cc3s2)cc1Br. The van der Waals surface area contributed by atoms with E-state index in [1.54, 1.807) is 18.4 Å².